The molecule has 2 fully saturated rings. The molecule has 11 nitrogen and oxygen atoms in total. The standard InChI is InChI=1S/C29H32N2O9S/c1-28(2,26(35)38-15-18-11-7-5-8-12-18)27(36)40-17-39-25(34)22-29(3,4)41-24-21(23(33)31(22)24)30-20(32)16-37-19-13-9-6-10-14-19/h5-14,21-22,24H,15-17H2,1-4H3,(H,30,32)/t21-,22+,24-/m1/s1. The van der Waals surface area contributed by atoms with Gasteiger partial charge in [0.25, 0.3) is 5.91 Å². The summed E-state index contributed by atoms with van der Waals surface area (Å²) in [5.41, 5.74) is -0.880. The third kappa shape index (κ3) is 6.64. The topological polar surface area (TPSA) is 138 Å². The van der Waals surface area contributed by atoms with Crippen LogP contribution in [0.1, 0.15) is 33.3 Å². The van der Waals surface area contributed by atoms with E-state index in [2.05, 4.69) is 5.32 Å². The van der Waals surface area contributed by atoms with Crippen LogP contribution in [0.15, 0.2) is 60.7 Å². The van der Waals surface area contributed by atoms with Crippen molar-refractivity contribution in [3.8, 4) is 5.75 Å². The number of para-hydroxylation sites is 1. The van der Waals surface area contributed by atoms with Crippen molar-refractivity contribution in [1.29, 1.82) is 0 Å². The molecule has 12 heteroatoms. The van der Waals surface area contributed by atoms with Gasteiger partial charge < -0.3 is 29.2 Å². The normalized spacial score (nSPS) is 20.7. The molecular formula is C29H32N2O9S. The van der Waals surface area contributed by atoms with Crippen molar-refractivity contribution in [2.75, 3.05) is 13.4 Å². The first-order valence-corrected chi connectivity index (χ1v) is 13.8. The first-order valence-electron chi connectivity index (χ1n) is 12.9. The Morgan fingerprint density at radius 2 is 1.54 bits per heavy atom. The molecule has 4 rings (SSSR count). The van der Waals surface area contributed by atoms with Crippen molar-refractivity contribution in [2.24, 2.45) is 5.41 Å². The van der Waals surface area contributed by atoms with Gasteiger partial charge in [0, 0.05) is 4.75 Å². The lowest BCUT2D eigenvalue weighted by molar-refractivity contribution is -0.184. The molecule has 2 amide bonds. The van der Waals surface area contributed by atoms with Gasteiger partial charge in [-0.15, -0.1) is 11.8 Å². The van der Waals surface area contributed by atoms with E-state index in [4.69, 9.17) is 18.9 Å². The molecule has 2 aliphatic heterocycles. The number of fused-ring (bicyclic) bond motifs is 1. The van der Waals surface area contributed by atoms with Crippen LogP contribution in [0, 0.1) is 5.41 Å². The van der Waals surface area contributed by atoms with E-state index in [1.807, 2.05) is 12.1 Å². The highest BCUT2D eigenvalue weighted by Crippen LogP contribution is 2.51. The molecule has 2 aromatic rings. The Balaban J connectivity index is 1.25. The summed E-state index contributed by atoms with van der Waals surface area (Å²) in [6.45, 7) is 5.25. The molecule has 218 valence electrons. The van der Waals surface area contributed by atoms with Gasteiger partial charge in [0.1, 0.15) is 29.8 Å². The number of amides is 2. The summed E-state index contributed by atoms with van der Waals surface area (Å²) in [4.78, 5) is 64.7. The van der Waals surface area contributed by atoms with Gasteiger partial charge in [-0.25, -0.2) is 4.79 Å². The maximum absolute atomic E-state index is 13.0. The number of hydrogen-bond acceptors (Lipinski definition) is 10. The fourth-order valence-corrected chi connectivity index (χ4v) is 6.02. The number of benzene rings is 2. The second-order valence-electron chi connectivity index (χ2n) is 10.6. The third-order valence-electron chi connectivity index (χ3n) is 6.72. The molecular weight excluding hydrogens is 552 g/mol. The lowest BCUT2D eigenvalue weighted by atomic mass is 9.94. The van der Waals surface area contributed by atoms with Gasteiger partial charge >= 0.3 is 17.9 Å². The summed E-state index contributed by atoms with van der Waals surface area (Å²) >= 11 is 1.35. The van der Waals surface area contributed by atoms with Gasteiger partial charge in [-0.2, -0.15) is 0 Å². The smallest absolute Gasteiger partial charge is 0.333 e. The van der Waals surface area contributed by atoms with Gasteiger partial charge in [0.2, 0.25) is 12.7 Å². The van der Waals surface area contributed by atoms with Crippen molar-refractivity contribution in [3.63, 3.8) is 0 Å². The van der Waals surface area contributed by atoms with Crippen LogP contribution in [-0.4, -0.2) is 70.2 Å². The van der Waals surface area contributed by atoms with E-state index in [0.29, 0.717) is 5.75 Å². The van der Waals surface area contributed by atoms with Crippen LogP contribution in [0.5, 0.6) is 5.75 Å². The van der Waals surface area contributed by atoms with Crippen LogP contribution >= 0.6 is 11.8 Å². The third-order valence-corrected chi connectivity index (χ3v) is 8.29. The number of nitrogens with zero attached hydrogens (tertiary/aromatic N) is 1. The highest BCUT2D eigenvalue weighted by molar-refractivity contribution is 8.01. The van der Waals surface area contributed by atoms with Gasteiger partial charge in [-0.3, -0.25) is 19.2 Å². The summed E-state index contributed by atoms with van der Waals surface area (Å²) in [7, 11) is 0. The molecule has 41 heavy (non-hydrogen) atoms. The highest BCUT2D eigenvalue weighted by atomic mass is 32.2. The Morgan fingerprint density at radius 3 is 2.20 bits per heavy atom. The SMILES string of the molecule is CC(C)(C(=O)OCOC(=O)[C@@H]1N2C(=O)[C@@H](NC(=O)COc3ccccc3)[C@H]2SC1(C)C)C(=O)OCc1ccccc1. The first kappa shape index (κ1) is 29.9. The van der Waals surface area contributed by atoms with E-state index in [0.717, 1.165) is 5.56 Å². The quantitative estimate of drug-likeness (QED) is 0.181. The predicted octanol–water partition coefficient (Wildman–Crippen LogP) is 2.43. The summed E-state index contributed by atoms with van der Waals surface area (Å²) in [5, 5.41) is 2.19. The lowest BCUT2D eigenvalue weighted by Crippen LogP contribution is -2.71. The molecule has 0 unspecified atom stereocenters. The predicted molar refractivity (Wildman–Crippen MR) is 147 cm³/mol. The number of nitrogens with one attached hydrogen (secondary N) is 1. The minimum atomic E-state index is -1.64. The highest BCUT2D eigenvalue weighted by Gasteiger charge is 2.64. The molecule has 2 heterocycles. The Morgan fingerprint density at radius 1 is 0.927 bits per heavy atom. The van der Waals surface area contributed by atoms with Crippen molar-refractivity contribution < 1.29 is 42.9 Å². The number of β-lactam (4-membered cyclic amide) rings is 1. The number of esters is 3. The summed E-state index contributed by atoms with van der Waals surface area (Å²) < 4.78 is 20.2. The molecule has 0 radical (unpaired) electrons. The second-order valence-corrected chi connectivity index (χ2v) is 12.4. The van der Waals surface area contributed by atoms with E-state index in [1.165, 1.54) is 30.5 Å². The molecule has 0 spiro atoms. The molecule has 0 saturated carbocycles. The van der Waals surface area contributed by atoms with E-state index >= 15 is 0 Å². The minimum absolute atomic E-state index is 0.00761. The molecule has 2 aliphatic rings. The van der Waals surface area contributed by atoms with E-state index < -0.39 is 64.1 Å². The molecule has 1 N–H and O–H groups in total. The Labute approximate surface area is 241 Å². The summed E-state index contributed by atoms with van der Waals surface area (Å²) in [6, 6.07) is 16.0. The van der Waals surface area contributed by atoms with Crippen LogP contribution in [0.3, 0.4) is 0 Å². The maximum Gasteiger partial charge on any atom is 0.333 e. The van der Waals surface area contributed by atoms with Gasteiger partial charge in [0.05, 0.1) is 0 Å². The van der Waals surface area contributed by atoms with Gasteiger partial charge in [-0.05, 0) is 45.4 Å². The van der Waals surface area contributed by atoms with Crippen LogP contribution in [0.4, 0.5) is 0 Å². The van der Waals surface area contributed by atoms with Crippen LogP contribution in [0.25, 0.3) is 0 Å². The molecule has 2 aromatic carbocycles. The number of ether oxygens (including phenoxy) is 4. The number of thioether (sulfide) groups is 1. The average Bonchev–Trinajstić information content (AvgIpc) is 3.21. The summed E-state index contributed by atoms with van der Waals surface area (Å²) in [5.74, 6) is -2.86. The fraction of sp³-hybridized carbons (Fsp3) is 0.414. The maximum atomic E-state index is 13.0. The van der Waals surface area contributed by atoms with Crippen molar-refractivity contribution in [2.45, 2.75) is 56.5 Å². The van der Waals surface area contributed by atoms with Gasteiger partial charge in [-0.1, -0.05) is 48.5 Å². The average molecular weight is 585 g/mol. The zero-order chi connectivity index (χ0) is 29.8. The largest absolute Gasteiger partial charge is 0.484 e. The van der Waals surface area contributed by atoms with Crippen LogP contribution in [-0.2, 0) is 44.8 Å². The number of carbonyl (C=O) groups excluding carboxylic acids is 5. The molecule has 3 atom stereocenters. The Bertz CT molecular complexity index is 1300. The number of carbonyl (C=O) groups is 5. The van der Waals surface area contributed by atoms with Gasteiger partial charge in [0.15, 0.2) is 12.0 Å². The van der Waals surface area contributed by atoms with Crippen LogP contribution in [0.2, 0.25) is 0 Å². The van der Waals surface area contributed by atoms with E-state index in [1.54, 1.807) is 62.4 Å². The monoisotopic (exact) mass is 584 g/mol. The van der Waals surface area contributed by atoms with Crippen molar-refractivity contribution in [1.82, 2.24) is 10.2 Å². The Hall–Kier alpha value is -4.06. The second kappa shape index (κ2) is 12.2. The van der Waals surface area contributed by atoms with E-state index in [9.17, 15) is 24.0 Å². The lowest BCUT2D eigenvalue weighted by Gasteiger charge is -2.43. The van der Waals surface area contributed by atoms with Crippen molar-refractivity contribution >= 4 is 41.5 Å². The molecule has 0 aromatic heterocycles. The number of rotatable bonds is 11. The number of hydrogen-bond donors (Lipinski definition) is 1. The first-order chi connectivity index (χ1) is 19.4. The summed E-state index contributed by atoms with van der Waals surface area (Å²) in [6.07, 6.45) is 0. The molecule has 2 saturated heterocycles. The zero-order valence-electron chi connectivity index (χ0n) is 23.2. The fourth-order valence-electron chi connectivity index (χ4n) is 4.39. The van der Waals surface area contributed by atoms with Crippen molar-refractivity contribution in [3.05, 3.63) is 66.2 Å². The Kier molecular flexibility index (Phi) is 8.91. The molecule has 0 bridgehead atoms. The van der Waals surface area contributed by atoms with Crippen LogP contribution < -0.4 is 10.1 Å². The van der Waals surface area contributed by atoms with E-state index in [-0.39, 0.29) is 13.2 Å². The minimum Gasteiger partial charge on any atom is -0.484 e. The zero-order valence-corrected chi connectivity index (χ0v) is 24.0. The molecule has 0 aliphatic carbocycles.